The van der Waals surface area contributed by atoms with Gasteiger partial charge in [-0.2, -0.15) is 0 Å². The van der Waals surface area contributed by atoms with Crippen LogP contribution in [0.15, 0.2) is 47.4 Å². The molecule has 0 spiro atoms. The van der Waals surface area contributed by atoms with Gasteiger partial charge in [0.2, 0.25) is 0 Å². The van der Waals surface area contributed by atoms with Crippen molar-refractivity contribution in [1.82, 2.24) is 0 Å². The molecule has 2 aromatic carbocycles. The largest absolute Gasteiger partial charge is 0.465 e. The van der Waals surface area contributed by atoms with E-state index in [1.54, 1.807) is 19.1 Å². The standard InChI is InChI=1S/C19H22FNO4S/c1-13(2)12-21(26(23,24)17-9-6-15(20)7-10-17)16-8-5-14(3)18(11-16)19(22)25-4/h5-11,13H,12H2,1-4H3. The molecule has 0 heterocycles. The fraction of sp³-hybridized carbons (Fsp3) is 0.316. The van der Waals surface area contributed by atoms with Crippen molar-refractivity contribution in [3.63, 3.8) is 0 Å². The molecule has 0 aliphatic carbocycles. The first-order valence-electron chi connectivity index (χ1n) is 8.14. The average Bonchev–Trinajstić information content (AvgIpc) is 2.59. The van der Waals surface area contributed by atoms with Crippen LogP contribution in [-0.2, 0) is 14.8 Å². The molecule has 0 aliphatic heterocycles. The molecule has 2 aromatic rings. The van der Waals surface area contributed by atoms with Crippen molar-refractivity contribution < 1.29 is 22.3 Å². The summed E-state index contributed by atoms with van der Waals surface area (Å²) < 4.78 is 45.4. The molecule has 0 fully saturated rings. The molecule has 0 radical (unpaired) electrons. The number of ether oxygens (including phenoxy) is 1. The Hall–Kier alpha value is -2.41. The highest BCUT2D eigenvalue weighted by Crippen LogP contribution is 2.27. The molecule has 5 nitrogen and oxygen atoms in total. The number of halogens is 1. The predicted octanol–water partition coefficient (Wildman–Crippen LogP) is 3.77. The second-order valence-electron chi connectivity index (χ2n) is 6.37. The maximum atomic E-state index is 13.2. The van der Waals surface area contributed by atoms with Crippen LogP contribution in [0.4, 0.5) is 10.1 Å². The van der Waals surface area contributed by atoms with Gasteiger partial charge in [-0.25, -0.2) is 17.6 Å². The minimum Gasteiger partial charge on any atom is -0.465 e. The molecule has 7 heteroatoms. The molecule has 0 N–H and O–H groups in total. The lowest BCUT2D eigenvalue weighted by molar-refractivity contribution is 0.0600. The summed E-state index contributed by atoms with van der Waals surface area (Å²) >= 11 is 0. The number of carbonyl (C=O) groups excluding carboxylic acids is 1. The van der Waals surface area contributed by atoms with E-state index >= 15 is 0 Å². The van der Waals surface area contributed by atoms with Crippen molar-refractivity contribution in [3.05, 3.63) is 59.4 Å². The summed E-state index contributed by atoms with van der Waals surface area (Å²) in [6, 6.07) is 9.50. The molecule has 0 saturated carbocycles. The van der Waals surface area contributed by atoms with Gasteiger partial charge in [-0.05, 0) is 54.8 Å². The van der Waals surface area contributed by atoms with Gasteiger partial charge in [-0.15, -0.1) is 0 Å². The predicted molar refractivity (Wildman–Crippen MR) is 98.3 cm³/mol. The lowest BCUT2D eigenvalue weighted by atomic mass is 10.1. The summed E-state index contributed by atoms with van der Waals surface area (Å²) in [5, 5.41) is 0. The molecule has 2 rings (SSSR count). The number of rotatable bonds is 6. The summed E-state index contributed by atoms with van der Waals surface area (Å²) in [6.07, 6.45) is 0. The van der Waals surface area contributed by atoms with Crippen LogP contribution in [0.5, 0.6) is 0 Å². The summed E-state index contributed by atoms with van der Waals surface area (Å²) in [4.78, 5) is 11.9. The number of hydrogen-bond acceptors (Lipinski definition) is 4. The Balaban J connectivity index is 2.58. The molecule has 0 bridgehead atoms. The van der Waals surface area contributed by atoms with E-state index in [1.807, 2.05) is 13.8 Å². The minimum atomic E-state index is -3.91. The Morgan fingerprint density at radius 2 is 1.77 bits per heavy atom. The Morgan fingerprint density at radius 3 is 2.31 bits per heavy atom. The van der Waals surface area contributed by atoms with E-state index in [1.165, 1.54) is 29.6 Å². The zero-order valence-electron chi connectivity index (χ0n) is 15.2. The van der Waals surface area contributed by atoms with Gasteiger partial charge in [0.25, 0.3) is 10.0 Å². The van der Waals surface area contributed by atoms with Crippen LogP contribution in [0.2, 0.25) is 0 Å². The molecule has 0 saturated heterocycles. The van der Waals surface area contributed by atoms with Gasteiger partial charge < -0.3 is 4.74 Å². The van der Waals surface area contributed by atoms with Crippen molar-refractivity contribution in [2.24, 2.45) is 5.92 Å². The Bertz CT molecular complexity index is 892. The Morgan fingerprint density at radius 1 is 1.15 bits per heavy atom. The second kappa shape index (κ2) is 7.86. The van der Waals surface area contributed by atoms with E-state index in [4.69, 9.17) is 4.74 Å². The number of methoxy groups -OCH3 is 1. The van der Waals surface area contributed by atoms with E-state index in [9.17, 15) is 17.6 Å². The molecule has 0 atom stereocenters. The molecule has 0 aliphatic rings. The minimum absolute atomic E-state index is 0.0141. The third-order valence-electron chi connectivity index (χ3n) is 3.85. The number of nitrogens with zero attached hydrogens (tertiary/aromatic N) is 1. The van der Waals surface area contributed by atoms with Crippen LogP contribution in [0, 0.1) is 18.7 Å². The molecule has 26 heavy (non-hydrogen) atoms. The van der Waals surface area contributed by atoms with Crippen molar-refractivity contribution in [3.8, 4) is 0 Å². The number of carbonyl (C=O) groups is 1. The van der Waals surface area contributed by atoms with Gasteiger partial charge >= 0.3 is 5.97 Å². The lowest BCUT2D eigenvalue weighted by Crippen LogP contribution is -2.34. The maximum absolute atomic E-state index is 13.2. The van der Waals surface area contributed by atoms with Crippen molar-refractivity contribution in [2.75, 3.05) is 18.0 Å². The van der Waals surface area contributed by atoms with E-state index in [0.29, 0.717) is 16.8 Å². The van der Waals surface area contributed by atoms with Crippen LogP contribution < -0.4 is 4.31 Å². The summed E-state index contributed by atoms with van der Waals surface area (Å²) in [6.45, 7) is 5.74. The van der Waals surface area contributed by atoms with E-state index in [0.717, 1.165) is 12.1 Å². The average molecular weight is 379 g/mol. The number of aryl methyl sites for hydroxylation is 1. The smallest absolute Gasteiger partial charge is 0.338 e. The van der Waals surface area contributed by atoms with Gasteiger partial charge in [0, 0.05) is 6.54 Å². The van der Waals surface area contributed by atoms with Crippen molar-refractivity contribution >= 4 is 21.7 Å². The highest BCUT2D eigenvalue weighted by atomic mass is 32.2. The second-order valence-corrected chi connectivity index (χ2v) is 8.24. The summed E-state index contributed by atoms with van der Waals surface area (Å²) in [5.74, 6) is -1.01. The quantitative estimate of drug-likeness (QED) is 0.717. The molecule has 0 amide bonds. The van der Waals surface area contributed by atoms with Crippen LogP contribution in [0.3, 0.4) is 0 Å². The molecule has 0 unspecified atom stereocenters. The normalized spacial score (nSPS) is 11.5. The van der Waals surface area contributed by atoms with E-state index in [-0.39, 0.29) is 17.4 Å². The SMILES string of the molecule is COC(=O)c1cc(N(CC(C)C)S(=O)(=O)c2ccc(F)cc2)ccc1C. The fourth-order valence-electron chi connectivity index (χ4n) is 2.50. The van der Waals surface area contributed by atoms with Crippen LogP contribution in [0.1, 0.15) is 29.8 Å². The van der Waals surface area contributed by atoms with Crippen molar-refractivity contribution in [2.45, 2.75) is 25.7 Å². The van der Waals surface area contributed by atoms with Gasteiger partial charge in [0.05, 0.1) is 23.3 Å². The first kappa shape index (κ1) is 19.9. The molecular weight excluding hydrogens is 357 g/mol. The Labute approximate surface area is 153 Å². The highest BCUT2D eigenvalue weighted by molar-refractivity contribution is 7.92. The fourth-order valence-corrected chi connectivity index (χ4v) is 4.12. The van der Waals surface area contributed by atoms with E-state index < -0.39 is 21.8 Å². The van der Waals surface area contributed by atoms with Crippen LogP contribution in [0.25, 0.3) is 0 Å². The third-order valence-corrected chi connectivity index (χ3v) is 5.66. The van der Waals surface area contributed by atoms with E-state index in [2.05, 4.69) is 0 Å². The molecule has 140 valence electrons. The first-order chi connectivity index (χ1) is 12.2. The number of esters is 1. The molecule has 0 aromatic heterocycles. The zero-order valence-corrected chi connectivity index (χ0v) is 16.0. The van der Waals surface area contributed by atoms with Gasteiger partial charge in [0.15, 0.2) is 0 Å². The monoisotopic (exact) mass is 379 g/mol. The summed E-state index contributed by atoms with van der Waals surface area (Å²) in [5.41, 5.74) is 1.34. The highest BCUT2D eigenvalue weighted by Gasteiger charge is 2.27. The number of sulfonamides is 1. The van der Waals surface area contributed by atoms with Crippen LogP contribution in [-0.4, -0.2) is 28.0 Å². The number of hydrogen-bond donors (Lipinski definition) is 0. The van der Waals surface area contributed by atoms with Gasteiger partial charge in [-0.3, -0.25) is 4.31 Å². The third kappa shape index (κ3) is 4.22. The lowest BCUT2D eigenvalue weighted by Gasteiger charge is -2.27. The topological polar surface area (TPSA) is 63.7 Å². The van der Waals surface area contributed by atoms with Crippen molar-refractivity contribution in [1.29, 1.82) is 0 Å². The first-order valence-corrected chi connectivity index (χ1v) is 9.58. The maximum Gasteiger partial charge on any atom is 0.338 e. The number of benzene rings is 2. The van der Waals surface area contributed by atoms with Crippen LogP contribution >= 0.6 is 0 Å². The van der Waals surface area contributed by atoms with Gasteiger partial charge in [-0.1, -0.05) is 19.9 Å². The summed E-state index contributed by atoms with van der Waals surface area (Å²) in [7, 11) is -2.64. The number of anilines is 1. The van der Waals surface area contributed by atoms with Gasteiger partial charge in [0.1, 0.15) is 5.82 Å². The zero-order chi connectivity index (χ0) is 19.5. The molecular formula is C19H22FNO4S. The Kier molecular flexibility index (Phi) is 6.02.